The third-order valence-corrected chi connectivity index (χ3v) is 0.867. The molecule has 0 amide bonds. The van der Waals surface area contributed by atoms with Gasteiger partial charge in [-0.1, -0.05) is 0 Å². The monoisotopic (exact) mass is 189 g/mol. The average molecular weight is 189 g/mol. The molecule has 0 heterocycles. The number of carbonyl (C=O) groups is 2. The number of esters is 1. The van der Waals surface area contributed by atoms with Crippen LogP contribution >= 0.6 is 0 Å². The fourth-order valence-corrected chi connectivity index (χ4v) is 0.431. The fourth-order valence-electron chi connectivity index (χ4n) is 0.431. The summed E-state index contributed by atoms with van der Waals surface area (Å²) >= 11 is 0. The minimum absolute atomic E-state index is 0. The van der Waals surface area contributed by atoms with E-state index in [2.05, 4.69) is 4.74 Å². The fraction of sp³-hybridized carbons (Fsp3) is 0.667. The van der Waals surface area contributed by atoms with Gasteiger partial charge in [0.25, 0.3) is 6.43 Å². The Morgan fingerprint density at radius 1 is 1.42 bits per heavy atom. The van der Waals surface area contributed by atoms with Gasteiger partial charge < -0.3 is 4.74 Å². The van der Waals surface area contributed by atoms with Gasteiger partial charge in [-0.25, -0.2) is 8.78 Å². The van der Waals surface area contributed by atoms with E-state index in [1.54, 1.807) is 0 Å². The molecule has 0 saturated heterocycles. The molecule has 0 spiro atoms. The predicted octanol–water partition coefficient (Wildman–Crippen LogP) is 0.393. The second-order valence-electron chi connectivity index (χ2n) is 1.75. The quantitative estimate of drug-likeness (QED) is 0.365. The van der Waals surface area contributed by atoms with Crippen LogP contribution in [0.1, 0.15) is 13.3 Å². The maximum atomic E-state index is 11.5. The average Bonchev–Trinajstić information content (AvgIpc) is 1.87. The Morgan fingerprint density at radius 3 is 2.25 bits per heavy atom. The standard InChI is InChI=1S/C6H8F2O3.Na/c1-2-11-5(10)3-4(9)6(7)8;/h6H,2-3H2,1H3;. The third-order valence-electron chi connectivity index (χ3n) is 0.867. The normalized spacial score (nSPS) is 9.00. The first-order valence-electron chi connectivity index (χ1n) is 3.04. The first-order valence-corrected chi connectivity index (χ1v) is 3.04. The minimum atomic E-state index is -3.08. The van der Waals surface area contributed by atoms with Crippen molar-refractivity contribution in [3.05, 3.63) is 0 Å². The van der Waals surface area contributed by atoms with Crippen LogP contribution in [0.3, 0.4) is 0 Å². The summed E-state index contributed by atoms with van der Waals surface area (Å²) in [6.07, 6.45) is -3.93. The van der Waals surface area contributed by atoms with Crippen molar-refractivity contribution in [2.75, 3.05) is 6.61 Å². The molecule has 0 bridgehead atoms. The van der Waals surface area contributed by atoms with Gasteiger partial charge in [0.05, 0.1) is 6.61 Å². The number of Topliss-reactive ketones (excluding diaryl/α,β-unsaturated/α-hetero) is 1. The Bertz CT molecular complexity index is 161. The van der Waals surface area contributed by atoms with E-state index >= 15 is 0 Å². The first kappa shape index (κ1) is 14.5. The molecule has 1 radical (unpaired) electrons. The maximum Gasteiger partial charge on any atom is 0.313 e. The van der Waals surface area contributed by atoms with Gasteiger partial charge in [0.1, 0.15) is 6.42 Å². The molecule has 0 aliphatic carbocycles. The van der Waals surface area contributed by atoms with Crippen LogP contribution in [-0.4, -0.2) is 54.3 Å². The molecule has 3 nitrogen and oxygen atoms in total. The van der Waals surface area contributed by atoms with E-state index in [-0.39, 0.29) is 36.2 Å². The van der Waals surface area contributed by atoms with Gasteiger partial charge in [0, 0.05) is 29.6 Å². The summed E-state index contributed by atoms with van der Waals surface area (Å²) in [5.74, 6) is -2.30. The van der Waals surface area contributed by atoms with Crippen LogP contribution in [0.5, 0.6) is 0 Å². The largest absolute Gasteiger partial charge is 0.466 e. The zero-order valence-electron chi connectivity index (χ0n) is 6.97. The summed E-state index contributed by atoms with van der Waals surface area (Å²) in [6, 6.07) is 0. The molecule has 0 atom stereocenters. The topological polar surface area (TPSA) is 43.4 Å². The maximum absolute atomic E-state index is 11.5. The smallest absolute Gasteiger partial charge is 0.313 e. The van der Waals surface area contributed by atoms with Crippen LogP contribution in [0.15, 0.2) is 0 Å². The Morgan fingerprint density at radius 2 is 1.92 bits per heavy atom. The second kappa shape index (κ2) is 7.64. The van der Waals surface area contributed by atoms with E-state index in [1.807, 2.05) is 0 Å². The van der Waals surface area contributed by atoms with Crippen LogP contribution in [0, 0.1) is 0 Å². The summed E-state index contributed by atoms with van der Waals surface area (Å²) in [4.78, 5) is 20.6. The minimum Gasteiger partial charge on any atom is -0.466 e. The molecular weight excluding hydrogens is 181 g/mol. The van der Waals surface area contributed by atoms with Crippen LogP contribution < -0.4 is 0 Å². The summed E-state index contributed by atoms with van der Waals surface area (Å²) in [6.45, 7) is 1.63. The van der Waals surface area contributed by atoms with E-state index in [4.69, 9.17) is 0 Å². The molecule has 0 unspecified atom stereocenters. The SMILES string of the molecule is CCOC(=O)CC(=O)C(F)F.[Na]. The number of hydrogen-bond acceptors (Lipinski definition) is 3. The second-order valence-corrected chi connectivity index (χ2v) is 1.75. The number of ketones is 1. The molecule has 0 aliphatic heterocycles. The molecule has 0 fully saturated rings. The summed E-state index contributed by atoms with van der Waals surface area (Å²) < 4.78 is 27.2. The van der Waals surface area contributed by atoms with Crippen molar-refractivity contribution in [2.45, 2.75) is 19.8 Å². The van der Waals surface area contributed by atoms with Crippen molar-refractivity contribution in [3.8, 4) is 0 Å². The summed E-state index contributed by atoms with van der Waals surface area (Å²) in [5, 5.41) is 0. The van der Waals surface area contributed by atoms with Crippen molar-refractivity contribution in [3.63, 3.8) is 0 Å². The summed E-state index contributed by atoms with van der Waals surface area (Å²) in [7, 11) is 0. The van der Waals surface area contributed by atoms with Crippen LogP contribution in [0.25, 0.3) is 0 Å². The predicted molar refractivity (Wildman–Crippen MR) is 38.0 cm³/mol. The van der Waals surface area contributed by atoms with Crippen molar-refractivity contribution in [1.82, 2.24) is 0 Å². The summed E-state index contributed by atoms with van der Waals surface area (Å²) in [5.41, 5.74) is 0. The van der Waals surface area contributed by atoms with Crippen molar-refractivity contribution in [1.29, 1.82) is 0 Å². The van der Waals surface area contributed by atoms with Gasteiger partial charge in [-0.3, -0.25) is 9.59 Å². The van der Waals surface area contributed by atoms with E-state index in [0.717, 1.165) is 0 Å². The Labute approximate surface area is 90.7 Å². The van der Waals surface area contributed by atoms with E-state index in [0.29, 0.717) is 0 Å². The first-order chi connectivity index (χ1) is 5.07. The van der Waals surface area contributed by atoms with Gasteiger partial charge in [-0.15, -0.1) is 0 Å². The number of rotatable bonds is 4. The van der Waals surface area contributed by atoms with E-state index in [1.165, 1.54) is 6.92 Å². The Kier molecular flexibility index (Phi) is 9.24. The molecule has 0 aromatic rings. The molecule has 65 valence electrons. The van der Waals surface area contributed by atoms with Crippen LogP contribution in [0.2, 0.25) is 0 Å². The number of ether oxygens (including phenoxy) is 1. The molecule has 0 saturated carbocycles. The molecule has 0 rings (SSSR count). The number of carbonyl (C=O) groups excluding carboxylic acids is 2. The number of hydrogen-bond donors (Lipinski definition) is 0. The zero-order valence-corrected chi connectivity index (χ0v) is 8.97. The Balaban J connectivity index is 0. The Hall–Kier alpha value is -0.000000000000000222. The molecule has 12 heavy (non-hydrogen) atoms. The van der Waals surface area contributed by atoms with Gasteiger partial charge in [0.15, 0.2) is 0 Å². The number of halogens is 2. The van der Waals surface area contributed by atoms with Gasteiger partial charge >= 0.3 is 5.97 Å². The molecule has 0 N–H and O–H groups in total. The molecule has 0 aliphatic rings. The van der Waals surface area contributed by atoms with Crippen LogP contribution in [-0.2, 0) is 14.3 Å². The van der Waals surface area contributed by atoms with E-state index in [9.17, 15) is 18.4 Å². The third kappa shape index (κ3) is 6.69. The number of alkyl halides is 2. The molecule has 0 aromatic carbocycles. The zero-order chi connectivity index (χ0) is 8.85. The molecule has 6 heteroatoms. The van der Waals surface area contributed by atoms with Crippen LogP contribution in [0.4, 0.5) is 8.78 Å². The van der Waals surface area contributed by atoms with Gasteiger partial charge in [-0.2, -0.15) is 0 Å². The van der Waals surface area contributed by atoms with Crippen molar-refractivity contribution >= 4 is 41.3 Å². The van der Waals surface area contributed by atoms with Gasteiger partial charge in [-0.05, 0) is 6.92 Å². The molecular formula is C6H8F2NaO3. The van der Waals surface area contributed by atoms with Gasteiger partial charge in [0.2, 0.25) is 5.78 Å². The molecule has 0 aromatic heterocycles. The van der Waals surface area contributed by atoms with E-state index < -0.39 is 24.6 Å². The van der Waals surface area contributed by atoms with Crippen molar-refractivity contribution < 1.29 is 23.1 Å². The van der Waals surface area contributed by atoms with Crippen molar-refractivity contribution in [2.24, 2.45) is 0 Å².